The van der Waals surface area contributed by atoms with E-state index in [1.54, 1.807) is 4.68 Å². The summed E-state index contributed by atoms with van der Waals surface area (Å²) < 4.78 is 7.14. The number of ether oxygens (including phenoxy) is 1. The Hall–Kier alpha value is -1.40. The molecule has 1 fully saturated rings. The Kier molecular flexibility index (Phi) is 7.44. The van der Waals surface area contributed by atoms with Gasteiger partial charge in [-0.3, -0.25) is 9.48 Å². The third kappa shape index (κ3) is 5.54. The maximum absolute atomic E-state index is 12.9. The second-order valence-electron chi connectivity index (χ2n) is 7.42. The Bertz CT molecular complexity index is 548. The lowest BCUT2D eigenvalue weighted by atomic mass is 9.87. The molecular weight excluding hydrogens is 318 g/mol. The van der Waals surface area contributed by atoms with Crippen molar-refractivity contribution in [2.75, 3.05) is 26.3 Å². The van der Waals surface area contributed by atoms with E-state index in [9.17, 15) is 9.90 Å². The zero-order valence-electron chi connectivity index (χ0n) is 16.1. The number of aromatic nitrogens is 2. The highest BCUT2D eigenvalue weighted by Crippen LogP contribution is 2.25. The van der Waals surface area contributed by atoms with Crippen molar-refractivity contribution in [2.24, 2.45) is 11.8 Å². The standard InChI is InChI=1S/C19H33N3O3/c1-5-25-11-10-22-17(13-15(4)20-22)19(24)21-8-6-16(7-9-21)18(23)12-14(2)3/h13-14,16,18,23H,5-12H2,1-4H3. The van der Waals surface area contributed by atoms with Gasteiger partial charge in [-0.05, 0) is 51.0 Å². The van der Waals surface area contributed by atoms with Crippen molar-refractivity contribution in [1.29, 1.82) is 0 Å². The zero-order chi connectivity index (χ0) is 18.4. The van der Waals surface area contributed by atoms with Crippen molar-refractivity contribution in [2.45, 2.75) is 59.6 Å². The van der Waals surface area contributed by atoms with Crippen LogP contribution in [0, 0.1) is 18.8 Å². The second-order valence-corrected chi connectivity index (χ2v) is 7.42. The molecule has 0 bridgehead atoms. The highest BCUT2D eigenvalue weighted by Gasteiger charge is 2.29. The second kappa shape index (κ2) is 9.34. The topological polar surface area (TPSA) is 67.6 Å². The Balaban J connectivity index is 1.94. The molecule has 1 aromatic rings. The van der Waals surface area contributed by atoms with Gasteiger partial charge >= 0.3 is 0 Å². The number of carbonyl (C=O) groups excluding carboxylic acids is 1. The maximum Gasteiger partial charge on any atom is 0.272 e. The van der Waals surface area contributed by atoms with Crippen LogP contribution in [0.3, 0.4) is 0 Å². The summed E-state index contributed by atoms with van der Waals surface area (Å²) in [6.07, 6.45) is 2.32. The summed E-state index contributed by atoms with van der Waals surface area (Å²) >= 11 is 0. The van der Waals surface area contributed by atoms with E-state index in [4.69, 9.17) is 4.74 Å². The lowest BCUT2D eigenvalue weighted by Gasteiger charge is -2.34. The zero-order valence-corrected chi connectivity index (χ0v) is 16.1. The molecule has 1 atom stereocenters. The smallest absolute Gasteiger partial charge is 0.272 e. The molecule has 6 nitrogen and oxygen atoms in total. The van der Waals surface area contributed by atoms with Crippen molar-refractivity contribution in [3.8, 4) is 0 Å². The summed E-state index contributed by atoms with van der Waals surface area (Å²) in [5.41, 5.74) is 1.49. The number of aliphatic hydroxyl groups is 1. The van der Waals surface area contributed by atoms with Crippen LogP contribution in [0.1, 0.15) is 56.2 Å². The van der Waals surface area contributed by atoms with E-state index in [1.807, 2.05) is 24.8 Å². The molecule has 6 heteroatoms. The van der Waals surface area contributed by atoms with Crippen LogP contribution in [0.2, 0.25) is 0 Å². The predicted octanol–water partition coefficient (Wildman–Crippen LogP) is 2.49. The third-order valence-corrected chi connectivity index (χ3v) is 4.86. The largest absolute Gasteiger partial charge is 0.393 e. The first kappa shape index (κ1) is 19.9. The Labute approximate surface area is 151 Å². The third-order valence-electron chi connectivity index (χ3n) is 4.86. The molecule has 25 heavy (non-hydrogen) atoms. The molecule has 1 saturated heterocycles. The van der Waals surface area contributed by atoms with Crippen LogP contribution < -0.4 is 0 Å². The number of rotatable bonds is 8. The predicted molar refractivity (Wildman–Crippen MR) is 97.5 cm³/mol. The van der Waals surface area contributed by atoms with Gasteiger partial charge in [0.2, 0.25) is 0 Å². The highest BCUT2D eigenvalue weighted by molar-refractivity contribution is 5.92. The molecule has 0 aromatic carbocycles. The van der Waals surface area contributed by atoms with E-state index in [1.165, 1.54) is 0 Å². The Morgan fingerprint density at radius 3 is 2.68 bits per heavy atom. The van der Waals surface area contributed by atoms with Gasteiger partial charge in [0.05, 0.1) is 24.9 Å². The minimum absolute atomic E-state index is 0.0360. The lowest BCUT2D eigenvalue weighted by molar-refractivity contribution is 0.0377. The maximum atomic E-state index is 12.9. The van der Waals surface area contributed by atoms with Gasteiger partial charge in [0.25, 0.3) is 5.91 Å². The molecule has 1 aliphatic rings. The van der Waals surface area contributed by atoms with Crippen molar-refractivity contribution >= 4 is 5.91 Å². The van der Waals surface area contributed by atoms with Crippen molar-refractivity contribution in [1.82, 2.24) is 14.7 Å². The van der Waals surface area contributed by atoms with Gasteiger partial charge < -0.3 is 14.7 Å². The molecule has 142 valence electrons. The Morgan fingerprint density at radius 1 is 1.40 bits per heavy atom. The fraction of sp³-hybridized carbons (Fsp3) is 0.789. The van der Waals surface area contributed by atoms with Gasteiger partial charge in [0.1, 0.15) is 5.69 Å². The van der Waals surface area contributed by atoms with E-state index in [0.29, 0.717) is 50.4 Å². The lowest BCUT2D eigenvalue weighted by Crippen LogP contribution is -2.42. The Morgan fingerprint density at radius 2 is 2.08 bits per heavy atom. The molecular formula is C19H33N3O3. The van der Waals surface area contributed by atoms with Crippen molar-refractivity contribution < 1.29 is 14.6 Å². The van der Waals surface area contributed by atoms with E-state index in [-0.39, 0.29) is 12.0 Å². The average molecular weight is 351 g/mol. The molecule has 2 rings (SSSR count). The number of nitrogens with zero attached hydrogens (tertiary/aromatic N) is 3. The minimum Gasteiger partial charge on any atom is -0.393 e. The SMILES string of the molecule is CCOCCn1nc(C)cc1C(=O)N1CCC(C(O)CC(C)C)CC1. The summed E-state index contributed by atoms with van der Waals surface area (Å²) in [5, 5.41) is 14.7. The number of aliphatic hydroxyl groups excluding tert-OH is 1. The van der Waals surface area contributed by atoms with Crippen LogP contribution >= 0.6 is 0 Å². The number of likely N-dealkylation sites (tertiary alicyclic amines) is 1. The number of piperidine rings is 1. The van der Waals surface area contributed by atoms with Crippen LogP contribution in [0.5, 0.6) is 0 Å². The molecule has 1 aliphatic heterocycles. The quantitative estimate of drug-likeness (QED) is 0.731. The van der Waals surface area contributed by atoms with Crippen LogP contribution in [-0.2, 0) is 11.3 Å². The van der Waals surface area contributed by atoms with Gasteiger partial charge in [0, 0.05) is 19.7 Å². The van der Waals surface area contributed by atoms with Gasteiger partial charge in [-0.15, -0.1) is 0 Å². The summed E-state index contributed by atoms with van der Waals surface area (Å²) in [7, 11) is 0. The molecule has 0 spiro atoms. The fourth-order valence-corrected chi connectivity index (χ4v) is 3.51. The minimum atomic E-state index is -0.254. The molecule has 1 amide bonds. The molecule has 1 aromatic heterocycles. The first-order chi connectivity index (χ1) is 11.9. The van der Waals surface area contributed by atoms with E-state index in [0.717, 1.165) is 25.0 Å². The molecule has 1 unspecified atom stereocenters. The summed E-state index contributed by atoms with van der Waals surface area (Å²) in [6.45, 7) is 11.3. The molecule has 0 radical (unpaired) electrons. The van der Waals surface area contributed by atoms with Gasteiger partial charge in [-0.1, -0.05) is 13.8 Å². The van der Waals surface area contributed by atoms with Gasteiger partial charge in [0.15, 0.2) is 0 Å². The van der Waals surface area contributed by atoms with Crippen LogP contribution in [-0.4, -0.2) is 58.1 Å². The number of carbonyl (C=O) groups is 1. The van der Waals surface area contributed by atoms with Gasteiger partial charge in [-0.2, -0.15) is 5.10 Å². The molecule has 0 aliphatic carbocycles. The average Bonchev–Trinajstić information content (AvgIpc) is 2.94. The normalized spacial score (nSPS) is 17.3. The van der Waals surface area contributed by atoms with Crippen LogP contribution in [0.15, 0.2) is 6.07 Å². The molecule has 2 heterocycles. The molecule has 0 saturated carbocycles. The first-order valence-corrected chi connectivity index (χ1v) is 9.51. The highest BCUT2D eigenvalue weighted by atomic mass is 16.5. The van der Waals surface area contributed by atoms with Gasteiger partial charge in [-0.25, -0.2) is 0 Å². The summed E-state index contributed by atoms with van der Waals surface area (Å²) in [5.74, 6) is 0.835. The van der Waals surface area contributed by atoms with E-state index < -0.39 is 0 Å². The molecule has 1 N–H and O–H groups in total. The summed E-state index contributed by atoms with van der Waals surface area (Å²) in [4.78, 5) is 14.8. The van der Waals surface area contributed by atoms with Crippen LogP contribution in [0.4, 0.5) is 0 Å². The van der Waals surface area contributed by atoms with Crippen LogP contribution in [0.25, 0.3) is 0 Å². The van der Waals surface area contributed by atoms with Crippen molar-refractivity contribution in [3.63, 3.8) is 0 Å². The number of aryl methyl sites for hydroxylation is 1. The number of hydrogen-bond acceptors (Lipinski definition) is 4. The fourth-order valence-electron chi connectivity index (χ4n) is 3.51. The summed E-state index contributed by atoms with van der Waals surface area (Å²) in [6, 6.07) is 1.86. The number of hydrogen-bond donors (Lipinski definition) is 1. The van der Waals surface area contributed by atoms with E-state index in [2.05, 4.69) is 18.9 Å². The monoisotopic (exact) mass is 351 g/mol. The van der Waals surface area contributed by atoms with E-state index >= 15 is 0 Å². The van der Waals surface area contributed by atoms with Crippen molar-refractivity contribution in [3.05, 3.63) is 17.5 Å². The number of amides is 1. The first-order valence-electron chi connectivity index (χ1n) is 9.51.